The molecule has 1 amide bonds. The molecule has 180 valence electrons. The van der Waals surface area contributed by atoms with E-state index >= 15 is 0 Å². The summed E-state index contributed by atoms with van der Waals surface area (Å²) in [6.45, 7) is 3.53. The van der Waals surface area contributed by atoms with E-state index in [4.69, 9.17) is 9.47 Å². The van der Waals surface area contributed by atoms with Crippen LogP contribution in [-0.4, -0.2) is 33.7 Å². The third-order valence-electron chi connectivity index (χ3n) is 5.40. The predicted octanol–water partition coefficient (Wildman–Crippen LogP) is 4.91. The average Bonchev–Trinajstić information content (AvgIpc) is 2.83. The van der Waals surface area contributed by atoms with Gasteiger partial charge in [0, 0.05) is 0 Å². The highest BCUT2D eigenvalue weighted by atomic mass is 32.2. The third kappa shape index (κ3) is 6.29. The summed E-state index contributed by atoms with van der Waals surface area (Å²) in [5, 5.41) is 2.98. The van der Waals surface area contributed by atoms with Crippen LogP contribution in [0.15, 0.2) is 78.9 Å². The van der Waals surface area contributed by atoms with E-state index in [1.165, 1.54) is 0 Å². The van der Waals surface area contributed by atoms with Crippen molar-refractivity contribution in [3.05, 3.63) is 84.4 Å². The lowest BCUT2D eigenvalue weighted by Crippen LogP contribution is -2.48. The lowest BCUT2D eigenvalue weighted by Gasteiger charge is -2.30. The van der Waals surface area contributed by atoms with Gasteiger partial charge in [-0.2, -0.15) is 0 Å². The Hall–Kier alpha value is -3.52. The zero-order chi connectivity index (χ0) is 24.7. The fraction of sp³-hybridized carbons (Fsp3) is 0.269. The van der Waals surface area contributed by atoms with Gasteiger partial charge in [0.1, 0.15) is 23.3 Å². The Morgan fingerprint density at radius 1 is 0.912 bits per heavy atom. The molecule has 3 aromatic carbocycles. The molecular weight excluding hydrogens is 452 g/mol. The van der Waals surface area contributed by atoms with Crippen LogP contribution in [0.1, 0.15) is 31.9 Å². The second kappa shape index (κ2) is 11.1. The van der Waals surface area contributed by atoms with Crippen molar-refractivity contribution in [1.82, 2.24) is 5.32 Å². The van der Waals surface area contributed by atoms with Gasteiger partial charge in [0.05, 0.1) is 25.1 Å². The average molecular weight is 483 g/mol. The summed E-state index contributed by atoms with van der Waals surface area (Å²) in [4.78, 5) is 13.1. The van der Waals surface area contributed by atoms with Crippen LogP contribution in [0.5, 0.6) is 17.2 Å². The number of methoxy groups -OCH3 is 1. The molecule has 3 aromatic rings. The third-order valence-corrected chi connectivity index (χ3v) is 6.64. The van der Waals surface area contributed by atoms with E-state index in [0.29, 0.717) is 23.6 Å². The van der Waals surface area contributed by atoms with Crippen molar-refractivity contribution in [2.75, 3.05) is 17.7 Å². The molecule has 2 atom stereocenters. The first-order valence-electron chi connectivity index (χ1n) is 11.0. The van der Waals surface area contributed by atoms with Gasteiger partial charge in [0.2, 0.25) is 15.9 Å². The van der Waals surface area contributed by atoms with Crippen molar-refractivity contribution < 1.29 is 22.7 Å². The summed E-state index contributed by atoms with van der Waals surface area (Å²) in [5.74, 6) is 1.57. The van der Waals surface area contributed by atoms with Gasteiger partial charge < -0.3 is 14.8 Å². The highest BCUT2D eigenvalue weighted by Crippen LogP contribution is 2.27. The first kappa shape index (κ1) is 25.1. The quantitative estimate of drug-likeness (QED) is 0.444. The molecule has 0 saturated heterocycles. The fourth-order valence-corrected chi connectivity index (χ4v) is 4.82. The van der Waals surface area contributed by atoms with Gasteiger partial charge in [0.15, 0.2) is 0 Å². The van der Waals surface area contributed by atoms with E-state index in [0.717, 1.165) is 21.9 Å². The maximum absolute atomic E-state index is 13.1. The number of sulfonamides is 1. The van der Waals surface area contributed by atoms with Gasteiger partial charge in [-0.1, -0.05) is 37.3 Å². The van der Waals surface area contributed by atoms with Crippen LogP contribution in [0, 0.1) is 0 Å². The molecule has 0 radical (unpaired) electrons. The second-order valence-electron chi connectivity index (χ2n) is 7.89. The molecule has 0 aliphatic heterocycles. The molecule has 1 N–H and O–H groups in total. The monoisotopic (exact) mass is 482 g/mol. The molecule has 0 fully saturated rings. The molecular formula is C26H30N2O5S. The number of rotatable bonds is 10. The molecule has 7 nitrogen and oxygen atoms in total. The Kier molecular flexibility index (Phi) is 8.17. The van der Waals surface area contributed by atoms with Crippen molar-refractivity contribution in [3.8, 4) is 17.2 Å². The molecule has 0 aliphatic carbocycles. The van der Waals surface area contributed by atoms with E-state index in [1.54, 1.807) is 38.3 Å². The lowest BCUT2D eigenvalue weighted by atomic mass is 10.0. The first-order chi connectivity index (χ1) is 16.2. The van der Waals surface area contributed by atoms with Gasteiger partial charge in [-0.25, -0.2) is 8.42 Å². The van der Waals surface area contributed by atoms with E-state index in [1.807, 2.05) is 61.5 Å². The number of hydrogen-bond acceptors (Lipinski definition) is 5. The number of ether oxygens (including phenoxy) is 2. The largest absolute Gasteiger partial charge is 0.497 e. The number of carbonyl (C=O) groups is 1. The number of nitrogens with zero attached hydrogens (tertiary/aromatic N) is 1. The highest BCUT2D eigenvalue weighted by Gasteiger charge is 2.30. The Morgan fingerprint density at radius 3 is 2.00 bits per heavy atom. The molecule has 0 unspecified atom stereocenters. The van der Waals surface area contributed by atoms with Crippen LogP contribution < -0.4 is 19.1 Å². The molecule has 8 heteroatoms. The molecule has 0 saturated carbocycles. The Balaban J connectivity index is 1.78. The van der Waals surface area contributed by atoms with Crippen LogP contribution >= 0.6 is 0 Å². The normalized spacial score (nSPS) is 12.9. The Labute approximate surface area is 201 Å². The summed E-state index contributed by atoms with van der Waals surface area (Å²) in [6.07, 6.45) is 1.74. The number of hydrogen-bond donors (Lipinski definition) is 1. The second-order valence-corrected chi connectivity index (χ2v) is 9.75. The van der Waals surface area contributed by atoms with Gasteiger partial charge in [0.25, 0.3) is 0 Å². The van der Waals surface area contributed by atoms with Crippen LogP contribution in [0.4, 0.5) is 5.69 Å². The summed E-state index contributed by atoms with van der Waals surface area (Å²) in [7, 11) is -2.14. The van der Waals surface area contributed by atoms with E-state index in [9.17, 15) is 13.2 Å². The van der Waals surface area contributed by atoms with Crippen LogP contribution in [0.3, 0.4) is 0 Å². The minimum absolute atomic E-state index is 0.260. The number of carbonyl (C=O) groups excluding carboxylic acids is 1. The topological polar surface area (TPSA) is 84.9 Å². The lowest BCUT2D eigenvalue weighted by molar-refractivity contribution is -0.122. The van der Waals surface area contributed by atoms with E-state index < -0.39 is 22.0 Å². The van der Waals surface area contributed by atoms with Crippen LogP contribution in [0.25, 0.3) is 0 Å². The van der Waals surface area contributed by atoms with Gasteiger partial charge in [-0.15, -0.1) is 0 Å². The van der Waals surface area contributed by atoms with Gasteiger partial charge >= 0.3 is 0 Å². The van der Waals surface area contributed by atoms with Gasteiger partial charge in [-0.05, 0) is 67.4 Å². The maximum Gasteiger partial charge on any atom is 0.244 e. The smallest absolute Gasteiger partial charge is 0.244 e. The first-order valence-corrected chi connectivity index (χ1v) is 12.8. The van der Waals surface area contributed by atoms with Crippen molar-refractivity contribution >= 4 is 21.6 Å². The number of benzene rings is 3. The summed E-state index contributed by atoms with van der Waals surface area (Å²) in [6, 6.07) is 22.1. The molecule has 0 spiro atoms. The molecule has 0 heterocycles. The van der Waals surface area contributed by atoms with Crippen molar-refractivity contribution in [3.63, 3.8) is 0 Å². The standard InChI is InChI=1S/C26H30N2O5S/c1-5-25(20-11-15-22(32-3)16-12-20)27-26(29)19(2)28(34(4,30)31)21-13-17-24(18-14-21)33-23-9-7-6-8-10-23/h6-19,25H,5H2,1-4H3,(H,27,29)/t19-,25-/m1/s1. The Morgan fingerprint density at radius 2 is 1.47 bits per heavy atom. The molecule has 0 bridgehead atoms. The predicted molar refractivity (Wildman–Crippen MR) is 134 cm³/mol. The summed E-state index contributed by atoms with van der Waals surface area (Å²) >= 11 is 0. The van der Waals surface area contributed by atoms with Gasteiger partial charge in [-0.3, -0.25) is 9.10 Å². The van der Waals surface area contributed by atoms with Crippen molar-refractivity contribution in [2.24, 2.45) is 0 Å². The summed E-state index contributed by atoms with van der Waals surface area (Å²) in [5.41, 5.74) is 1.29. The number of anilines is 1. The zero-order valence-electron chi connectivity index (χ0n) is 19.8. The zero-order valence-corrected chi connectivity index (χ0v) is 20.6. The van der Waals surface area contributed by atoms with Crippen LogP contribution in [-0.2, 0) is 14.8 Å². The van der Waals surface area contributed by atoms with Crippen molar-refractivity contribution in [2.45, 2.75) is 32.4 Å². The minimum atomic E-state index is -3.73. The van der Waals surface area contributed by atoms with E-state index in [2.05, 4.69) is 5.32 Å². The molecule has 34 heavy (non-hydrogen) atoms. The maximum atomic E-state index is 13.1. The number of nitrogens with one attached hydrogen (secondary N) is 1. The van der Waals surface area contributed by atoms with Crippen molar-refractivity contribution in [1.29, 1.82) is 0 Å². The molecule has 3 rings (SSSR count). The highest BCUT2D eigenvalue weighted by molar-refractivity contribution is 7.92. The SMILES string of the molecule is CC[C@@H](NC(=O)[C@@H](C)N(c1ccc(Oc2ccccc2)cc1)S(C)(=O)=O)c1ccc(OC)cc1. The Bertz CT molecular complexity index is 1180. The summed E-state index contributed by atoms with van der Waals surface area (Å²) < 4.78 is 37.4. The van der Waals surface area contributed by atoms with Crippen LogP contribution in [0.2, 0.25) is 0 Å². The molecule has 0 aromatic heterocycles. The minimum Gasteiger partial charge on any atom is -0.497 e. The number of para-hydroxylation sites is 1. The number of amides is 1. The molecule has 0 aliphatic rings. The van der Waals surface area contributed by atoms with E-state index in [-0.39, 0.29) is 6.04 Å². The fourth-order valence-electron chi connectivity index (χ4n) is 3.64.